The van der Waals surface area contributed by atoms with Crippen molar-refractivity contribution in [1.29, 1.82) is 0 Å². The lowest BCUT2D eigenvalue weighted by Gasteiger charge is -2.60. The second-order valence-corrected chi connectivity index (χ2v) is 10.7. The molecule has 7 nitrogen and oxygen atoms in total. The number of rotatable bonds is 7. The van der Waals surface area contributed by atoms with E-state index in [1.54, 1.807) is 0 Å². The third-order valence-electron chi connectivity index (χ3n) is 8.41. The van der Waals surface area contributed by atoms with Gasteiger partial charge in [-0.25, -0.2) is 9.78 Å². The highest BCUT2D eigenvalue weighted by Crippen LogP contribution is 2.60. The zero-order valence-electron chi connectivity index (χ0n) is 19.6. The summed E-state index contributed by atoms with van der Waals surface area (Å²) < 4.78 is 19.2. The topological polar surface area (TPSA) is 52.6 Å². The lowest BCUT2D eigenvalue weighted by atomic mass is 9.58. The number of hydrogen-bond donors (Lipinski definition) is 0. The van der Waals surface area contributed by atoms with Crippen LogP contribution in [0.1, 0.15) is 65.7 Å². The van der Waals surface area contributed by atoms with Crippen LogP contribution in [0.5, 0.6) is 0 Å². The van der Waals surface area contributed by atoms with Gasteiger partial charge in [0.2, 0.25) is 5.79 Å². The largest absolute Gasteiger partial charge is 0.362 e. The Balaban J connectivity index is 1.17. The molecule has 31 heavy (non-hydrogen) atoms. The van der Waals surface area contributed by atoms with Crippen molar-refractivity contribution in [3.05, 3.63) is 12.4 Å². The molecule has 6 rings (SSSR count). The second kappa shape index (κ2) is 8.49. The van der Waals surface area contributed by atoms with E-state index in [2.05, 4.69) is 43.1 Å². The van der Waals surface area contributed by atoms with Gasteiger partial charge in [0.1, 0.15) is 0 Å². The predicted molar refractivity (Wildman–Crippen MR) is 115 cm³/mol. The summed E-state index contributed by atoms with van der Waals surface area (Å²) in [6.07, 6.45) is 11.3. The molecule has 4 saturated heterocycles. The summed E-state index contributed by atoms with van der Waals surface area (Å²) in [7, 11) is 2.11. The van der Waals surface area contributed by atoms with Gasteiger partial charge in [-0.2, -0.15) is 0 Å². The van der Waals surface area contributed by atoms with Crippen molar-refractivity contribution in [2.45, 2.75) is 89.7 Å². The first-order valence-electron chi connectivity index (χ1n) is 12.4. The van der Waals surface area contributed by atoms with Crippen LogP contribution in [0.3, 0.4) is 0 Å². The van der Waals surface area contributed by atoms with E-state index < -0.39 is 17.7 Å². The van der Waals surface area contributed by atoms with Crippen molar-refractivity contribution in [2.75, 3.05) is 26.9 Å². The molecule has 0 N–H and O–H groups in total. The normalized spacial score (nSPS) is 46.3. The molecule has 8 atom stereocenters. The van der Waals surface area contributed by atoms with Crippen molar-refractivity contribution in [3.8, 4) is 0 Å². The van der Waals surface area contributed by atoms with Crippen LogP contribution in [-0.4, -0.2) is 60.6 Å². The minimum absolute atomic E-state index is 0.239. The number of ether oxygens (including phenoxy) is 3. The summed E-state index contributed by atoms with van der Waals surface area (Å²) >= 11 is 0. The fraction of sp³-hybridized carbons (Fsp3) is 0.917. The highest BCUT2D eigenvalue weighted by Gasteiger charge is 2.69. The summed E-state index contributed by atoms with van der Waals surface area (Å²) in [5, 5.41) is 0. The fourth-order valence-corrected chi connectivity index (χ4v) is 6.59. The third kappa shape index (κ3) is 3.90. The molecule has 1 unspecified atom stereocenters. The predicted octanol–water partition coefficient (Wildman–Crippen LogP) is 4.06. The molecular formula is C24H40N2O5. The summed E-state index contributed by atoms with van der Waals surface area (Å²) in [5.41, 5.74) is -0.497. The van der Waals surface area contributed by atoms with Gasteiger partial charge in [0.05, 0.1) is 6.67 Å². The van der Waals surface area contributed by atoms with Crippen LogP contribution in [0, 0.1) is 23.7 Å². The Labute approximate surface area is 186 Å². The molecule has 0 aromatic carbocycles. The first kappa shape index (κ1) is 22.0. The molecule has 1 aliphatic carbocycles. The second-order valence-electron chi connectivity index (χ2n) is 10.7. The van der Waals surface area contributed by atoms with Crippen molar-refractivity contribution >= 4 is 0 Å². The molecule has 0 radical (unpaired) electrons. The Hall–Kier alpha value is -0.860. The van der Waals surface area contributed by atoms with Gasteiger partial charge in [-0.1, -0.05) is 13.8 Å². The number of hydrogen-bond acceptors (Lipinski definition) is 7. The lowest BCUT2D eigenvalue weighted by molar-refractivity contribution is -0.577. The Morgan fingerprint density at radius 3 is 2.71 bits per heavy atom. The van der Waals surface area contributed by atoms with Gasteiger partial charge in [0.15, 0.2) is 18.2 Å². The van der Waals surface area contributed by atoms with E-state index >= 15 is 0 Å². The van der Waals surface area contributed by atoms with Gasteiger partial charge in [0, 0.05) is 50.9 Å². The van der Waals surface area contributed by atoms with Crippen molar-refractivity contribution in [1.82, 2.24) is 9.80 Å². The number of unbranched alkanes of at least 4 members (excludes halogenated alkanes) is 2. The van der Waals surface area contributed by atoms with Crippen molar-refractivity contribution in [2.24, 2.45) is 23.7 Å². The molecule has 5 aliphatic heterocycles. The maximum absolute atomic E-state index is 6.48. The third-order valence-corrected chi connectivity index (χ3v) is 8.41. The number of fused-ring (bicyclic) bond motifs is 2. The Morgan fingerprint density at radius 1 is 1.03 bits per heavy atom. The van der Waals surface area contributed by atoms with Gasteiger partial charge >= 0.3 is 0 Å². The summed E-state index contributed by atoms with van der Waals surface area (Å²) in [4.78, 5) is 16.6. The number of nitrogens with zero attached hydrogens (tertiary/aromatic N) is 2. The van der Waals surface area contributed by atoms with Gasteiger partial charge in [-0.15, -0.1) is 0 Å². The molecule has 5 fully saturated rings. The standard InChI is InChI=1S/C24H40N2O5/c1-17-8-9-20-18(2)21(27-15-7-5-6-12-26-14-13-25(4)16-26)28-22-24(20)19(17)10-11-23(3,29-22)30-31-24/h13-14,17-22H,5-12,15-16H2,1-4H3/t17-,18-,19+,20+,21+,22-,23?,24-/m1/s1. The molecule has 1 spiro atoms. The molecule has 6 aliphatic rings. The smallest absolute Gasteiger partial charge is 0.201 e. The van der Waals surface area contributed by atoms with E-state index in [4.69, 9.17) is 24.0 Å². The van der Waals surface area contributed by atoms with Crippen molar-refractivity contribution in [3.63, 3.8) is 0 Å². The average molecular weight is 437 g/mol. The van der Waals surface area contributed by atoms with E-state index in [1.165, 1.54) is 12.8 Å². The van der Waals surface area contributed by atoms with Gasteiger partial charge in [0.25, 0.3) is 0 Å². The van der Waals surface area contributed by atoms with Crippen LogP contribution in [0.25, 0.3) is 0 Å². The van der Waals surface area contributed by atoms with Crippen LogP contribution < -0.4 is 0 Å². The molecule has 0 aromatic rings. The maximum Gasteiger partial charge on any atom is 0.201 e. The summed E-state index contributed by atoms with van der Waals surface area (Å²) in [6, 6.07) is 0. The van der Waals surface area contributed by atoms with Gasteiger partial charge in [-0.3, -0.25) is 0 Å². The highest BCUT2D eigenvalue weighted by atomic mass is 17.3. The van der Waals surface area contributed by atoms with Gasteiger partial charge < -0.3 is 24.0 Å². The quantitative estimate of drug-likeness (QED) is 0.441. The van der Waals surface area contributed by atoms with Crippen LogP contribution in [0.4, 0.5) is 0 Å². The van der Waals surface area contributed by atoms with Crippen LogP contribution in [0.15, 0.2) is 12.4 Å². The molecule has 0 amide bonds. The molecule has 7 heteroatoms. The van der Waals surface area contributed by atoms with Crippen LogP contribution in [0.2, 0.25) is 0 Å². The molecule has 176 valence electrons. The molecule has 1 saturated carbocycles. The maximum atomic E-state index is 6.48. The van der Waals surface area contributed by atoms with E-state index in [9.17, 15) is 0 Å². The molecule has 2 bridgehead atoms. The Morgan fingerprint density at radius 2 is 1.90 bits per heavy atom. The SMILES string of the molecule is C[C@H]1[C@@H](OCCCCCN2C=CN(C)C2)O[C@@H]2OC3(C)CC[C@H]4[C@H](C)CC[C@@H]1[C@@]24OO3. The van der Waals surface area contributed by atoms with E-state index in [0.717, 1.165) is 51.9 Å². The Kier molecular flexibility index (Phi) is 6.01. The lowest BCUT2D eigenvalue weighted by Crippen LogP contribution is -2.70. The molecule has 0 aromatic heterocycles. The zero-order valence-corrected chi connectivity index (χ0v) is 19.6. The van der Waals surface area contributed by atoms with Crippen molar-refractivity contribution < 1.29 is 24.0 Å². The molecule has 5 heterocycles. The van der Waals surface area contributed by atoms with Crippen LogP contribution in [-0.2, 0) is 24.0 Å². The van der Waals surface area contributed by atoms with E-state index in [-0.39, 0.29) is 12.2 Å². The summed E-state index contributed by atoms with van der Waals surface area (Å²) in [5.74, 6) is 0.860. The first-order chi connectivity index (χ1) is 14.9. The minimum Gasteiger partial charge on any atom is -0.362 e. The highest BCUT2D eigenvalue weighted by molar-refractivity contribution is 5.09. The Bertz CT molecular complexity index is 676. The van der Waals surface area contributed by atoms with Gasteiger partial charge in [-0.05, 0) is 57.3 Å². The zero-order chi connectivity index (χ0) is 21.6. The van der Waals surface area contributed by atoms with E-state index in [1.807, 2.05) is 6.92 Å². The van der Waals surface area contributed by atoms with E-state index in [0.29, 0.717) is 17.8 Å². The monoisotopic (exact) mass is 436 g/mol. The first-order valence-corrected chi connectivity index (χ1v) is 12.4. The summed E-state index contributed by atoms with van der Waals surface area (Å²) in [6.45, 7) is 9.41. The fourth-order valence-electron chi connectivity index (χ4n) is 6.59. The average Bonchev–Trinajstić information content (AvgIpc) is 3.02. The van der Waals surface area contributed by atoms with Crippen LogP contribution >= 0.6 is 0 Å². The molecular weight excluding hydrogens is 396 g/mol. The minimum atomic E-state index is -0.721.